The summed E-state index contributed by atoms with van der Waals surface area (Å²) >= 11 is 12.1. The third-order valence-corrected chi connectivity index (χ3v) is 4.84. The standard InChI is InChI=1S/C17H22Cl2N2O5/c1-11(22)20-4-6-25-10-16-13(9-21(17(23)24)5-7-26-16)12-2-3-14(18)15(19)8-12/h2-3,8,13,16H,4-7,9-10H2,1H3,(H,20,22)(H,23,24)/t13-,16-/m0/s1. The number of carbonyl (C=O) groups excluding carboxylic acids is 1. The van der Waals surface area contributed by atoms with E-state index < -0.39 is 6.09 Å². The molecule has 0 aliphatic carbocycles. The molecule has 2 atom stereocenters. The van der Waals surface area contributed by atoms with Gasteiger partial charge in [-0.2, -0.15) is 0 Å². The molecule has 9 heteroatoms. The second-order valence-corrected chi connectivity index (χ2v) is 6.79. The van der Waals surface area contributed by atoms with Gasteiger partial charge in [-0.15, -0.1) is 0 Å². The van der Waals surface area contributed by atoms with Crippen molar-refractivity contribution in [3.63, 3.8) is 0 Å². The van der Waals surface area contributed by atoms with Gasteiger partial charge in [0.15, 0.2) is 0 Å². The summed E-state index contributed by atoms with van der Waals surface area (Å²) in [6.45, 7) is 3.30. The summed E-state index contributed by atoms with van der Waals surface area (Å²) in [4.78, 5) is 23.6. The first kappa shape index (κ1) is 20.8. The molecule has 2 N–H and O–H groups in total. The number of halogens is 2. The molecule has 7 nitrogen and oxygen atoms in total. The second-order valence-electron chi connectivity index (χ2n) is 5.98. The first-order valence-electron chi connectivity index (χ1n) is 8.25. The van der Waals surface area contributed by atoms with Crippen molar-refractivity contribution in [3.05, 3.63) is 33.8 Å². The van der Waals surface area contributed by atoms with Crippen LogP contribution in [0, 0.1) is 0 Å². The van der Waals surface area contributed by atoms with Crippen molar-refractivity contribution in [2.75, 3.05) is 39.5 Å². The zero-order valence-corrected chi connectivity index (χ0v) is 15.9. The molecule has 1 fully saturated rings. The fourth-order valence-electron chi connectivity index (χ4n) is 2.78. The molecule has 1 aliphatic heterocycles. The Morgan fingerprint density at radius 3 is 2.81 bits per heavy atom. The minimum absolute atomic E-state index is 0.120. The third-order valence-electron chi connectivity index (χ3n) is 4.10. The predicted octanol–water partition coefficient (Wildman–Crippen LogP) is 2.61. The van der Waals surface area contributed by atoms with Crippen LogP contribution in [0.1, 0.15) is 18.4 Å². The summed E-state index contributed by atoms with van der Waals surface area (Å²) in [5.74, 6) is -0.366. The van der Waals surface area contributed by atoms with Crippen molar-refractivity contribution in [1.82, 2.24) is 10.2 Å². The summed E-state index contributed by atoms with van der Waals surface area (Å²) < 4.78 is 11.5. The third kappa shape index (κ3) is 6.02. The Morgan fingerprint density at radius 1 is 1.38 bits per heavy atom. The molecule has 144 valence electrons. The Bertz CT molecular complexity index is 644. The van der Waals surface area contributed by atoms with Gasteiger partial charge in [-0.25, -0.2) is 4.79 Å². The first-order chi connectivity index (χ1) is 12.4. The van der Waals surface area contributed by atoms with Gasteiger partial charge in [-0.05, 0) is 17.7 Å². The molecule has 0 aromatic heterocycles. The van der Waals surface area contributed by atoms with Crippen LogP contribution in [0.5, 0.6) is 0 Å². The highest BCUT2D eigenvalue weighted by atomic mass is 35.5. The van der Waals surface area contributed by atoms with Crippen LogP contribution in [-0.2, 0) is 14.3 Å². The predicted molar refractivity (Wildman–Crippen MR) is 98.0 cm³/mol. The molecule has 1 aliphatic rings. The Morgan fingerprint density at radius 2 is 2.15 bits per heavy atom. The zero-order valence-electron chi connectivity index (χ0n) is 14.4. The number of rotatable bonds is 6. The lowest BCUT2D eigenvalue weighted by Gasteiger charge is -2.27. The summed E-state index contributed by atoms with van der Waals surface area (Å²) in [5, 5.41) is 12.9. The Kier molecular flexibility index (Phi) is 7.96. The van der Waals surface area contributed by atoms with E-state index in [-0.39, 0.29) is 44.2 Å². The van der Waals surface area contributed by atoms with Gasteiger partial charge in [0.05, 0.1) is 36.0 Å². The summed E-state index contributed by atoms with van der Waals surface area (Å²) in [7, 11) is 0. The first-order valence-corrected chi connectivity index (χ1v) is 9.00. The van der Waals surface area contributed by atoms with E-state index in [1.54, 1.807) is 12.1 Å². The Balaban J connectivity index is 2.10. The van der Waals surface area contributed by atoms with E-state index in [9.17, 15) is 14.7 Å². The largest absolute Gasteiger partial charge is 0.465 e. The highest BCUT2D eigenvalue weighted by Gasteiger charge is 2.31. The van der Waals surface area contributed by atoms with Crippen molar-refractivity contribution in [2.45, 2.75) is 18.9 Å². The zero-order chi connectivity index (χ0) is 19.1. The number of hydrogen-bond donors (Lipinski definition) is 2. The topological polar surface area (TPSA) is 88.1 Å². The molecule has 0 spiro atoms. The van der Waals surface area contributed by atoms with Gasteiger partial charge in [-0.3, -0.25) is 4.79 Å². The molecular weight excluding hydrogens is 383 g/mol. The van der Waals surface area contributed by atoms with Crippen LogP contribution in [0.3, 0.4) is 0 Å². The van der Waals surface area contributed by atoms with Crippen molar-refractivity contribution >= 4 is 35.2 Å². The van der Waals surface area contributed by atoms with E-state index in [1.807, 2.05) is 6.07 Å². The van der Waals surface area contributed by atoms with Gasteiger partial charge in [-0.1, -0.05) is 29.3 Å². The lowest BCUT2D eigenvalue weighted by Crippen LogP contribution is -2.36. The number of hydrogen-bond acceptors (Lipinski definition) is 4. The van der Waals surface area contributed by atoms with E-state index in [4.69, 9.17) is 32.7 Å². The van der Waals surface area contributed by atoms with Crippen LogP contribution in [-0.4, -0.2) is 67.6 Å². The van der Waals surface area contributed by atoms with Crippen LogP contribution >= 0.6 is 23.2 Å². The van der Waals surface area contributed by atoms with Gasteiger partial charge in [0.2, 0.25) is 5.91 Å². The van der Waals surface area contributed by atoms with Gasteiger partial charge < -0.3 is 24.8 Å². The number of ether oxygens (including phenoxy) is 2. The van der Waals surface area contributed by atoms with Crippen LogP contribution < -0.4 is 5.32 Å². The molecule has 26 heavy (non-hydrogen) atoms. The maximum Gasteiger partial charge on any atom is 0.407 e. The van der Waals surface area contributed by atoms with E-state index in [2.05, 4.69) is 5.32 Å². The summed E-state index contributed by atoms with van der Waals surface area (Å²) in [6.07, 6.45) is -1.33. The van der Waals surface area contributed by atoms with Crippen molar-refractivity contribution in [1.29, 1.82) is 0 Å². The molecule has 2 amide bonds. The highest BCUT2D eigenvalue weighted by molar-refractivity contribution is 6.42. The quantitative estimate of drug-likeness (QED) is 0.711. The number of amides is 2. The smallest absolute Gasteiger partial charge is 0.407 e. The van der Waals surface area contributed by atoms with Gasteiger partial charge in [0.25, 0.3) is 0 Å². The fourth-order valence-corrected chi connectivity index (χ4v) is 3.08. The lowest BCUT2D eigenvalue weighted by molar-refractivity contribution is -0.119. The van der Waals surface area contributed by atoms with Crippen molar-refractivity contribution < 1.29 is 24.2 Å². The van der Waals surface area contributed by atoms with Crippen LogP contribution in [0.15, 0.2) is 18.2 Å². The van der Waals surface area contributed by atoms with Gasteiger partial charge in [0, 0.05) is 32.5 Å². The maximum atomic E-state index is 11.4. The average Bonchev–Trinajstić information content (AvgIpc) is 2.79. The van der Waals surface area contributed by atoms with Gasteiger partial charge >= 0.3 is 6.09 Å². The van der Waals surface area contributed by atoms with E-state index >= 15 is 0 Å². The number of nitrogens with one attached hydrogen (secondary N) is 1. The van der Waals surface area contributed by atoms with Crippen molar-refractivity contribution in [2.24, 2.45) is 0 Å². The number of carboxylic acid groups (broad SMARTS) is 1. The summed E-state index contributed by atoms with van der Waals surface area (Å²) in [5.41, 5.74) is 0.836. The fraction of sp³-hybridized carbons (Fsp3) is 0.529. The van der Waals surface area contributed by atoms with Crippen LogP contribution in [0.4, 0.5) is 4.79 Å². The lowest BCUT2D eigenvalue weighted by atomic mass is 9.93. The second kappa shape index (κ2) is 9.97. The van der Waals surface area contributed by atoms with Crippen LogP contribution in [0.2, 0.25) is 10.0 Å². The molecule has 1 aromatic carbocycles. The Hall–Kier alpha value is -1.54. The summed E-state index contributed by atoms with van der Waals surface area (Å²) in [6, 6.07) is 5.23. The normalized spacial score (nSPS) is 20.5. The number of nitrogens with zero attached hydrogens (tertiary/aromatic N) is 1. The molecule has 1 aromatic rings. The number of carbonyl (C=O) groups is 2. The minimum Gasteiger partial charge on any atom is -0.465 e. The molecular formula is C17H22Cl2N2O5. The van der Waals surface area contributed by atoms with Crippen molar-refractivity contribution in [3.8, 4) is 0 Å². The van der Waals surface area contributed by atoms with Crippen LogP contribution in [0.25, 0.3) is 0 Å². The molecule has 1 heterocycles. The molecule has 0 radical (unpaired) electrons. The van der Waals surface area contributed by atoms with E-state index in [1.165, 1.54) is 11.8 Å². The molecule has 0 saturated carbocycles. The molecule has 1 saturated heterocycles. The average molecular weight is 405 g/mol. The van der Waals surface area contributed by atoms with E-state index in [0.29, 0.717) is 23.2 Å². The highest BCUT2D eigenvalue weighted by Crippen LogP contribution is 2.31. The van der Waals surface area contributed by atoms with Gasteiger partial charge in [0.1, 0.15) is 0 Å². The maximum absolute atomic E-state index is 11.4. The SMILES string of the molecule is CC(=O)NCCOC[C@@H]1OCCN(C(=O)O)C[C@H]1c1ccc(Cl)c(Cl)c1. The molecule has 0 bridgehead atoms. The minimum atomic E-state index is -0.995. The molecule has 0 unspecified atom stereocenters. The number of benzene rings is 1. The Labute approximate surface area is 162 Å². The molecule has 2 rings (SSSR count). The monoisotopic (exact) mass is 404 g/mol. The van der Waals surface area contributed by atoms with E-state index in [0.717, 1.165) is 5.56 Å².